The number of amides is 1. The molecule has 116 valence electrons. The lowest BCUT2D eigenvalue weighted by molar-refractivity contribution is -0.119. The first-order valence-corrected chi connectivity index (χ1v) is 9.60. The summed E-state index contributed by atoms with van der Waals surface area (Å²) in [6.07, 6.45) is 0.280. The average molecular weight is 332 g/mol. The molecule has 0 aliphatic carbocycles. The number of primary sulfonamides is 1. The van der Waals surface area contributed by atoms with E-state index in [2.05, 4.69) is 5.32 Å². The van der Waals surface area contributed by atoms with Gasteiger partial charge in [0.25, 0.3) is 0 Å². The number of hydrogen-bond acceptors (Lipinski definition) is 5. The summed E-state index contributed by atoms with van der Waals surface area (Å²) < 4.78 is 45.5. The number of aryl methyl sites for hydroxylation is 1. The van der Waals surface area contributed by atoms with Crippen LogP contribution in [0.2, 0.25) is 0 Å². The van der Waals surface area contributed by atoms with E-state index in [4.69, 9.17) is 5.14 Å². The standard InChI is InChI=1S/C12H16N2O5S2/c1-8-2-3-10(6-11(8)21(13,18)19)14-12(15)9-4-5-20(16,17)7-9/h2-3,6,9H,4-5,7H2,1H3,(H,14,15)(H2,13,18,19). The zero-order chi connectivity index (χ0) is 15.8. The molecule has 1 unspecified atom stereocenters. The quantitative estimate of drug-likeness (QED) is 0.807. The highest BCUT2D eigenvalue weighted by atomic mass is 32.2. The number of benzene rings is 1. The van der Waals surface area contributed by atoms with Crippen LogP contribution in [0.1, 0.15) is 12.0 Å². The first kappa shape index (κ1) is 15.9. The van der Waals surface area contributed by atoms with Gasteiger partial charge in [0.15, 0.2) is 9.84 Å². The normalized spacial score (nSPS) is 21.1. The lowest BCUT2D eigenvalue weighted by Crippen LogP contribution is -2.24. The summed E-state index contributed by atoms with van der Waals surface area (Å²) in [7, 11) is -7.02. The lowest BCUT2D eigenvalue weighted by Gasteiger charge is -2.11. The van der Waals surface area contributed by atoms with Crippen molar-refractivity contribution in [2.24, 2.45) is 11.1 Å². The van der Waals surface area contributed by atoms with Gasteiger partial charge in [-0.2, -0.15) is 0 Å². The van der Waals surface area contributed by atoms with Gasteiger partial charge < -0.3 is 5.32 Å². The minimum absolute atomic E-state index is 0.00140. The SMILES string of the molecule is Cc1ccc(NC(=O)C2CCS(=O)(=O)C2)cc1S(N)(=O)=O. The molecule has 0 aromatic heterocycles. The van der Waals surface area contributed by atoms with E-state index < -0.39 is 31.7 Å². The molecular formula is C12H16N2O5S2. The molecule has 0 radical (unpaired) electrons. The predicted octanol–water partition coefficient (Wildman–Crippen LogP) is 0.0156. The maximum absolute atomic E-state index is 12.0. The van der Waals surface area contributed by atoms with Crippen LogP contribution in [0.5, 0.6) is 0 Å². The topological polar surface area (TPSA) is 123 Å². The van der Waals surface area contributed by atoms with Crippen molar-refractivity contribution in [2.75, 3.05) is 16.8 Å². The molecule has 21 heavy (non-hydrogen) atoms. The second-order valence-electron chi connectivity index (χ2n) is 5.11. The molecule has 1 amide bonds. The van der Waals surface area contributed by atoms with E-state index in [-0.39, 0.29) is 28.5 Å². The van der Waals surface area contributed by atoms with E-state index >= 15 is 0 Å². The Kier molecular flexibility index (Phi) is 4.09. The summed E-state index contributed by atoms with van der Waals surface area (Å²) in [6, 6.07) is 4.35. The molecule has 1 saturated heterocycles. The first-order chi connectivity index (χ1) is 9.58. The van der Waals surface area contributed by atoms with Gasteiger partial charge in [0.1, 0.15) is 0 Å². The average Bonchev–Trinajstić information content (AvgIpc) is 2.71. The molecular weight excluding hydrogens is 316 g/mol. The van der Waals surface area contributed by atoms with Gasteiger partial charge in [-0.1, -0.05) is 6.07 Å². The number of anilines is 1. The molecule has 3 N–H and O–H groups in total. The number of nitrogens with two attached hydrogens (primary N) is 1. The summed E-state index contributed by atoms with van der Waals surface area (Å²) in [5.41, 5.74) is 0.748. The third-order valence-corrected chi connectivity index (χ3v) is 6.19. The van der Waals surface area contributed by atoms with Crippen LogP contribution in [0.25, 0.3) is 0 Å². The summed E-state index contributed by atoms with van der Waals surface area (Å²) >= 11 is 0. The number of sulfone groups is 1. The largest absolute Gasteiger partial charge is 0.326 e. The van der Waals surface area contributed by atoms with Crippen molar-refractivity contribution < 1.29 is 21.6 Å². The maximum atomic E-state index is 12.0. The summed E-state index contributed by atoms with van der Waals surface area (Å²) in [6.45, 7) is 1.59. The van der Waals surface area contributed by atoms with Gasteiger partial charge >= 0.3 is 0 Å². The Bertz CT molecular complexity index is 784. The molecule has 0 spiro atoms. The molecule has 1 aliphatic heterocycles. The summed E-state index contributed by atoms with van der Waals surface area (Å²) in [5.74, 6) is -1.21. The third-order valence-electron chi connectivity index (χ3n) is 3.37. The predicted molar refractivity (Wildman–Crippen MR) is 77.9 cm³/mol. The molecule has 2 rings (SSSR count). The molecule has 1 aromatic carbocycles. The molecule has 1 fully saturated rings. The minimum atomic E-state index is -3.88. The monoisotopic (exact) mass is 332 g/mol. The Morgan fingerprint density at radius 1 is 1.38 bits per heavy atom. The summed E-state index contributed by atoms with van der Waals surface area (Å²) in [4.78, 5) is 11.9. The van der Waals surface area contributed by atoms with Crippen LogP contribution in [-0.4, -0.2) is 34.2 Å². The fraction of sp³-hybridized carbons (Fsp3) is 0.417. The van der Waals surface area contributed by atoms with Gasteiger partial charge in [0, 0.05) is 5.69 Å². The van der Waals surface area contributed by atoms with E-state index in [1.165, 1.54) is 12.1 Å². The minimum Gasteiger partial charge on any atom is -0.326 e. The van der Waals surface area contributed by atoms with Crippen molar-refractivity contribution in [1.82, 2.24) is 0 Å². The molecule has 1 aliphatic rings. The highest BCUT2D eigenvalue weighted by Gasteiger charge is 2.33. The number of rotatable bonds is 3. The van der Waals surface area contributed by atoms with Crippen LogP contribution < -0.4 is 10.5 Å². The van der Waals surface area contributed by atoms with E-state index in [0.717, 1.165) is 0 Å². The van der Waals surface area contributed by atoms with Crippen molar-refractivity contribution in [2.45, 2.75) is 18.2 Å². The van der Waals surface area contributed by atoms with Crippen molar-refractivity contribution >= 4 is 31.5 Å². The van der Waals surface area contributed by atoms with Gasteiger partial charge in [-0.05, 0) is 31.0 Å². The summed E-state index contributed by atoms with van der Waals surface area (Å²) in [5, 5.41) is 7.63. The van der Waals surface area contributed by atoms with Crippen LogP contribution in [0, 0.1) is 12.8 Å². The lowest BCUT2D eigenvalue weighted by atomic mass is 10.1. The van der Waals surface area contributed by atoms with Gasteiger partial charge in [-0.3, -0.25) is 4.79 Å². The number of hydrogen-bond donors (Lipinski definition) is 2. The van der Waals surface area contributed by atoms with E-state index in [0.29, 0.717) is 5.56 Å². The third kappa shape index (κ3) is 3.80. The second-order valence-corrected chi connectivity index (χ2v) is 8.87. The van der Waals surface area contributed by atoms with Gasteiger partial charge in [0.05, 0.1) is 22.3 Å². The second kappa shape index (κ2) is 5.39. The van der Waals surface area contributed by atoms with Crippen molar-refractivity contribution in [3.8, 4) is 0 Å². The van der Waals surface area contributed by atoms with Crippen LogP contribution in [0.3, 0.4) is 0 Å². The van der Waals surface area contributed by atoms with Gasteiger partial charge in [0.2, 0.25) is 15.9 Å². The fourth-order valence-corrected chi connectivity index (χ4v) is 4.78. The van der Waals surface area contributed by atoms with Gasteiger partial charge in [-0.15, -0.1) is 0 Å². The molecule has 9 heteroatoms. The Balaban J connectivity index is 2.19. The Labute approximate surface area is 123 Å². The Morgan fingerprint density at radius 3 is 2.57 bits per heavy atom. The Morgan fingerprint density at radius 2 is 2.05 bits per heavy atom. The van der Waals surface area contributed by atoms with Crippen LogP contribution in [-0.2, 0) is 24.7 Å². The maximum Gasteiger partial charge on any atom is 0.238 e. The molecule has 7 nitrogen and oxygen atoms in total. The van der Waals surface area contributed by atoms with E-state index in [1.54, 1.807) is 13.0 Å². The molecule has 1 aromatic rings. The molecule has 0 saturated carbocycles. The number of carbonyl (C=O) groups is 1. The highest BCUT2D eigenvalue weighted by Crippen LogP contribution is 2.23. The van der Waals surface area contributed by atoms with Crippen LogP contribution >= 0.6 is 0 Å². The number of carbonyl (C=O) groups excluding carboxylic acids is 1. The van der Waals surface area contributed by atoms with Crippen LogP contribution in [0.4, 0.5) is 5.69 Å². The number of nitrogens with one attached hydrogen (secondary N) is 1. The van der Waals surface area contributed by atoms with E-state index in [9.17, 15) is 21.6 Å². The van der Waals surface area contributed by atoms with E-state index in [1.807, 2.05) is 0 Å². The first-order valence-electron chi connectivity index (χ1n) is 6.23. The fourth-order valence-electron chi connectivity index (χ4n) is 2.23. The molecule has 1 atom stereocenters. The molecule has 0 bridgehead atoms. The molecule has 1 heterocycles. The number of sulfonamides is 1. The Hall–Kier alpha value is -1.45. The van der Waals surface area contributed by atoms with Gasteiger partial charge in [-0.25, -0.2) is 22.0 Å². The zero-order valence-corrected chi connectivity index (χ0v) is 13.0. The van der Waals surface area contributed by atoms with Crippen molar-refractivity contribution in [3.63, 3.8) is 0 Å². The van der Waals surface area contributed by atoms with Crippen molar-refractivity contribution in [1.29, 1.82) is 0 Å². The highest BCUT2D eigenvalue weighted by molar-refractivity contribution is 7.91. The smallest absolute Gasteiger partial charge is 0.238 e. The van der Waals surface area contributed by atoms with Crippen LogP contribution in [0.15, 0.2) is 23.1 Å². The van der Waals surface area contributed by atoms with Crippen molar-refractivity contribution in [3.05, 3.63) is 23.8 Å². The zero-order valence-electron chi connectivity index (χ0n) is 11.4.